The minimum atomic E-state index is -4.17. The lowest BCUT2D eigenvalue weighted by Crippen LogP contribution is -2.47. The van der Waals surface area contributed by atoms with Gasteiger partial charge in [-0.1, -0.05) is 6.07 Å². The fraction of sp³-hybridized carbons (Fsp3) is 0.476. The summed E-state index contributed by atoms with van der Waals surface area (Å²) in [6.45, 7) is 1.88. The van der Waals surface area contributed by atoms with Crippen molar-refractivity contribution >= 4 is 15.9 Å². The summed E-state index contributed by atoms with van der Waals surface area (Å²) in [4.78, 5) is 40.0. The van der Waals surface area contributed by atoms with E-state index in [1.165, 1.54) is 6.92 Å². The number of nitrogens with zero attached hydrogens (tertiary/aromatic N) is 1. The fourth-order valence-corrected chi connectivity index (χ4v) is 5.64. The van der Waals surface area contributed by atoms with Crippen LogP contribution in [0.2, 0.25) is 0 Å². The topological polar surface area (TPSA) is 151 Å². The van der Waals surface area contributed by atoms with Crippen molar-refractivity contribution in [1.29, 1.82) is 0 Å². The van der Waals surface area contributed by atoms with Gasteiger partial charge in [0, 0.05) is 25.3 Å². The first kappa shape index (κ1) is 24.5. The molecule has 1 fully saturated rings. The average Bonchev–Trinajstić information content (AvgIpc) is 2.78. The van der Waals surface area contributed by atoms with Crippen LogP contribution < -0.4 is 26.0 Å². The SMILES string of the molecule is COc1ccc(CCNC(=O)C2CCCN(S(=O)(=O)c3c(C)[nH]c(=O)[nH]c3=O)C2)cc1OC. The summed E-state index contributed by atoms with van der Waals surface area (Å²) in [6.07, 6.45) is 1.58. The van der Waals surface area contributed by atoms with Crippen molar-refractivity contribution in [2.24, 2.45) is 5.92 Å². The molecule has 180 valence electrons. The Balaban J connectivity index is 1.64. The third-order valence-electron chi connectivity index (χ3n) is 5.59. The zero-order valence-corrected chi connectivity index (χ0v) is 19.6. The number of H-pyrrole nitrogens is 2. The van der Waals surface area contributed by atoms with E-state index >= 15 is 0 Å². The van der Waals surface area contributed by atoms with Gasteiger partial charge in [0.2, 0.25) is 15.9 Å². The highest BCUT2D eigenvalue weighted by atomic mass is 32.2. The average molecular weight is 481 g/mol. The lowest BCUT2D eigenvalue weighted by Gasteiger charge is -2.31. The van der Waals surface area contributed by atoms with E-state index in [0.29, 0.717) is 37.3 Å². The monoisotopic (exact) mass is 480 g/mol. The minimum absolute atomic E-state index is 0.0368. The van der Waals surface area contributed by atoms with Crippen molar-refractivity contribution in [1.82, 2.24) is 19.6 Å². The highest BCUT2D eigenvalue weighted by Gasteiger charge is 2.35. The third-order valence-corrected chi connectivity index (χ3v) is 7.61. The van der Waals surface area contributed by atoms with E-state index in [4.69, 9.17) is 9.47 Å². The van der Waals surface area contributed by atoms with Crippen LogP contribution in [0.4, 0.5) is 0 Å². The van der Waals surface area contributed by atoms with Gasteiger partial charge in [0.1, 0.15) is 0 Å². The molecule has 3 rings (SSSR count). The Labute approximate surface area is 191 Å². The van der Waals surface area contributed by atoms with E-state index in [2.05, 4.69) is 10.3 Å². The molecule has 1 unspecified atom stereocenters. The number of aryl methyl sites for hydroxylation is 1. The number of aromatic nitrogens is 2. The molecular formula is C21H28N4O7S. The van der Waals surface area contributed by atoms with Crippen LogP contribution in [0, 0.1) is 12.8 Å². The van der Waals surface area contributed by atoms with Crippen LogP contribution in [-0.2, 0) is 21.2 Å². The number of carbonyl (C=O) groups is 1. The van der Waals surface area contributed by atoms with Crippen molar-refractivity contribution in [3.8, 4) is 11.5 Å². The molecule has 0 saturated carbocycles. The van der Waals surface area contributed by atoms with E-state index in [1.54, 1.807) is 20.3 Å². The Kier molecular flexibility index (Phi) is 7.59. The number of methoxy groups -OCH3 is 2. The summed E-state index contributed by atoms with van der Waals surface area (Å²) < 4.78 is 37.7. The molecule has 33 heavy (non-hydrogen) atoms. The van der Waals surface area contributed by atoms with E-state index in [1.807, 2.05) is 17.1 Å². The van der Waals surface area contributed by atoms with Gasteiger partial charge < -0.3 is 19.8 Å². The number of nitrogens with one attached hydrogen (secondary N) is 3. The molecule has 12 heteroatoms. The van der Waals surface area contributed by atoms with Gasteiger partial charge in [-0.3, -0.25) is 14.6 Å². The number of benzene rings is 1. The normalized spacial score (nSPS) is 16.9. The maximum atomic E-state index is 13.1. The molecule has 1 atom stereocenters. The van der Waals surface area contributed by atoms with Gasteiger partial charge in [-0.25, -0.2) is 13.2 Å². The molecule has 0 spiro atoms. The summed E-state index contributed by atoms with van der Waals surface area (Å²) in [7, 11) is -1.06. The molecule has 0 radical (unpaired) electrons. The number of amides is 1. The largest absolute Gasteiger partial charge is 0.493 e. The molecule has 0 aliphatic carbocycles. The number of hydrogen-bond acceptors (Lipinski definition) is 7. The van der Waals surface area contributed by atoms with Crippen LogP contribution in [0.25, 0.3) is 0 Å². The van der Waals surface area contributed by atoms with Gasteiger partial charge in [-0.05, 0) is 43.9 Å². The van der Waals surface area contributed by atoms with Crippen molar-refractivity contribution in [3.63, 3.8) is 0 Å². The predicted molar refractivity (Wildman–Crippen MR) is 120 cm³/mol. The Bertz CT molecular complexity index is 1240. The Morgan fingerprint density at radius 1 is 1.18 bits per heavy atom. The molecule has 2 heterocycles. The summed E-state index contributed by atoms with van der Waals surface area (Å²) >= 11 is 0. The zero-order valence-electron chi connectivity index (χ0n) is 18.8. The quantitative estimate of drug-likeness (QED) is 0.486. The molecule has 1 aromatic heterocycles. The van der Waals surface area contributed by atoms with Crippen molar-refractivity contribution in [2.75, 3.05) is 33.9 Å². The number of piperidine rings is 1. The summed E-state index contributed by atoms with van der Waals surface area (Å²) in [5.41, 5.74) is -0.835. The highest BCUT2D eigenvalue weighted by molar-refractivity contribution is 7.89. The van der Waals surface area contributed by atoms with Gasteiger partial charge in [-0.15, -0.1) is 0 Å². The standard InChI is InChI=1S/C21H28N4O7S/c1-13-18(20(27)24-21(28)23-13)33(29,30)25-10-4-5-15(12-25)19(26)22-9-8-14-6-7-16(31-2)17(11-14)32-3/h6-7,11,15H,4-5,8-10,12H2,1-3H3,(H,22,26)(H2,23,24,27,28). The number of ether oxygens (including phenoxy) is 2. The second-order valence-corrected chi connectivity index (χ2v) is 9.67. The predicted octanol–water partition coefficient (Wildman–Crippen LogP) is 0.148. The van der Waals surface area contributed by atoms with Crippen molar-refractivity contribution in [3.05, 3.63) is 50.3 Å². The smallest absolute Gasteiger partial charge is 0.325 e. The second-order valence-electron chi connectivity index (χ2n) is 7.79. The number of carbonyl (C=O) groups excluding carboxylic acids is 1. The fourth-order valence-electron chi connectivity index (χ4n) is 3.91. The van der Waals surface area contributed by atoms with Crippen LogP contribution in [0.15, 0.2) is 32.7 Å². The molecule has 0 bridgehead atoms. The molecule has 2 aromatic rings. The van der Waals surface area contributed by atoms with Crippen LogP contribution in [0.3, 0.4) is 0 Å². The maximum Gasteiger partial charge on any atom is 0.325 e. The highest BCUT2D eigenvalue weighted by Crippen LogP contribution is 2.27. The minimum Gasteiger partial charge on any atom is -0.493 e. The van der Waals surface area contributed by atoms with Gasteiger partial charge in [0.15, 0.2) is 16.4 Å². The second kappa shape index (κ2) is 10.2. The molecule has 1 aromatic carbocycles. The van der Waals surface area contributed by atoms with Crippen molar-refractivity contribution in [2.45, 2.75) is 31.1 Å². The van der Waals surface area contributed by atoms with Gasteiger partial charge in [0.05, 0.1) is 20.1 Å². The van der Waals surface area contributed by atoms with E-state index in [0.717, 1.165) is 9.87 Å². The van der Waals surface area contributed by atoms with E-state index < -0.39 is 32.1 Å². The van der Waals surface area contributed by atoms with E-state index in [-0.39, 0.29) is 24.7 Å². The molecule has 1 saturated heterocycles. The van der Waals surface area contributed by atoms with Crippen LogP contribution >= 0.6 is 0 Å². The number of hydrogen-bond donors (Lipinski definition) is 3. The molecule has 1 aliphatic heterocycles. The lowest BCUT2D eigenvalue weighted by molar-refractivity contribution is -0.126. The number of sulfonamides is 1. The summed E-state index contributed by atoms with van der Waals surface area (Å²) in [6, 6.07) is 5.51. The summed E-state index contributed by atoms with van der Waals surface area (Å²) in [5, 5.41) is 2.86. The van der Waals surface area contributed by atoms with E-state index in [9.17, 15) is 22.8 Å². The Morgan fingerprint density at radius 2 is 1.91 bits per heavy atom. The maximum absolute atomic E-state index is 13.1. The van der Waals surface area contributed by atoms with Crippen LogP contribution in [-0.4, -0.2) is 62.5 Å². The first-order chi connectivity index (χ1) is 15.7. The van der Waals surface area contributed by atoms with Gasteiger partial charge in [-0.2, -0.15) is 4.31 Å². The van der Waals surface area contributed by atoms with Gasteiger partial charge >= 0.3 is 5.69 Å². The first-order valence-electron chi connectivity index (χ1n) is 10.5. The van der Waals surface area contributed by atoms with Crippen molar-refractivity contribution < 1.29 is 22.7 Å². The zero-order chi connectivity index (χ0) is 24.2. The number of aromatic amines is 2. The van der Waals surface area contributed by atoms with Crippen LogP contribution in [0.5, 0.6) is 11.5 Å². The summed E-state index contributed by atoms with van der Waals surface area (Å²) in [5.74, 6) is 0.427. The molecule has 1 amide bonds. The molecule has 1 aliphatic rings. The molecular weight excluding hydrogens is 452 g/mol. The lowest BCUT2D eigenvalue weighted by atomic mass is 9.99. The Hall–Kier alpha value is -3.12. The Morgan fingerprint density at radius 3 is 2.58 bits per heavy atom. The molecule has 11 nitrogen and oxygen atoms in total. The molecule has 3 N–H and O–H groups in total. The van der Waals surface area contributed by atoms with Crippen LogP contribution in [0.1, 0.15) is 24.1 Å². The van der Waals surface area contributed by atoms with Gasteiger partial charge in [0.25, 0.3) is 5.56 Å². The first-order valence-corrected chi connectivity index (χ1v) is 11.9. The number of rotatable bonds is 8. The third kappa shape index (κ3) is 5.45.